The van der Waals surface area contributed by atoms with Crippen molar-refractivity contribution in [2.24, 2.45) is 0 Å². The molecule has 0 aliphatic carbocycles. The third kappa shape index (κ3) is 2.92. The van der Waals surface area contributed by atoms with Gasteiger partial charge in [0.1, 0.15) is 0 Å². The molecule has 3 aromatic rings. The summed E-state index contributed by atoms with van der Waals surface area (Å²) in [5, 5.41) is 11.6. The van der Waals surface area contributed by atoms with Crippen molar-refractivity contribution in [3.63, 3.8) is 0 Å². The lowest BCUT2D eigenvalue weighted by Crippen LogP contribution is -2.22. The highest BCUT2D eigenvalue weighted by Gasteiger charge is 2.05. The average molecular weight is 285 g/mol. The molecule has 0 saturated carbocycles. The number of nitrogens with zero attached hydrogens (tertiary/aromatic N) is 2. The third-order valence-corrected chi connectivity index (χ3v) is 4.29. The predicted molar refractivity (Wildman–Crippen MR) is 85.1 cm³/mol. The van der Waals surface area contributed by atoms with Crippen molar-refractivity contribution >= 4 is 21.4 Å². The van der Waals surface area contributed by atoms with E-state index in [0.29, 0.717) is 6.04 Å². The van der Waals surface area contributed by atoms with E-state index in [1.165, 1.54) is 15.6 Å². The zero-order valence-electron chi connectivity index (χ0n) is 11.8. The lowest BCUT2D eigenvalue weighted by atomic mass is 10.2. The first-order valence-corrected chi connectivity index (χ1v) is 7.81. The van der Waals surface area contributed by atoms with E-state index in [-0.39, 0.29) is 0 Å². The van der Waals surface area contributed by atoms with Gasteiger partial charge in [-0.15, -0.1) is 11.3 Å². The number of rotatable bonds is 5. The molecule has 3 nitrogen and oxygen atoms in total. The van der Waals surface area contributed by atoms with Crippen LogP contribution in [0.15, 0.2) is 41.9 Å². The van der Waals surface area contributed by atoms with E-state index in [1.54, 1.807) is 11.3 Å². The predicted octanol–water partition coefficient (Wildman–Crippen LogP) is 3.64. The second kappa shape index (κ2) is 5.77. The highest BCUT2D eigenvalue weighted by Crippen LogP contribution is 2.26. The van der Waals surface area contributed by atoms with Crippen LogP contribution in [0.2, 0.25) is 0 Å². The summed E-state index contributed by atoms with van der Waals surface area (Å²) < 4.78 is 3.36. The first-order chi connectivity index (χ1) is 9.72. The Morgan fingerprint density at radius 2 is 2.10 bits per heavy atom. The van der Waals surface area contributed by atoms with Crippen LogP contribution in [-0.2, 0) is 13.1 Å². The topological polar surface area (TPSA) is 29.9 Å². The summed E-state index contributed by atoms with van der Waals surface area (Å²) >= 11 is 1.80. The Labute approximate surface area is 123 Å². The molecule has 1 N–H and O–H groups in total. The Bertz CT molecular complexity index is 696. The molecule has 0 atom stereocenters. The molecule has 0 aliphatic heterocycles. The molecule has 1 aromatic carbocycles. The smallest absolute Gasteiger partial charge is 0.0762 e. The van der Waals surface area contributed by atoms with Crippen molar-refractivity contribution < 1.29 is 0 Å². The fraction of sp³-hybridized carbons (Fsp3) is 0.312. The van der Waals surface area contributed by atoms with Gasteiger partial charge in [0, 0.05) is 23.5 Å². The molecule has 3 rings (SSSR count). The molecule has 0 spiro atoms. The minimum atomic E-state index is 0.487. The summed E-state index contributed by atoms with van der Waals surface area (Å²) in [4.78, 5) is 0. The maximum absolute atomic E-state index is 4.62. The normalized spacial score (nSPS) is 11.6. The standard InChI is InChI=1S/C16H19N3S/c1-12(2)17-9-14-7-8-19(18-14)10-13-11-20-16-6-4-3-5-15(13)16/h3-8,11-12,17H,9-10H2,1-2H3. The van der Waals surface area contributed by atoms with Gasteiger partial charge in [0.25, 0.3) is 0 Å². The van der Waals surface area contributed by atoms with Crippen molar-refractivity contribution in [1.82, 2.24) is 15.1 Å². The fourth-order valence-electron chi connectivity index (χ4n) is 2.22. The molecular formula is C16H19N3S. The van der Waals surface area contributed by atoms with Gasteiger partial charge in [-0.3, -0.25) is 4.68 Å². The molecule has 0 saturated heterocycles. The van der Waals surface area contributed by atoms with Crippen molar-refractivity contribution in [2.75, 3.05) is 0 Å². The summed E-state index contributed by atoms with van der Waals surface area (Å²) in [6.07, 6.45) is 2.06. The number of hydrogen-bond acceptors (Lipinski definition) is 3. The largest absolute Gasteiger partial charge is 0.309 e. The van der Waals surface area contributed by atoms with Crippen LogP contribution in [0.25, 0.3) is 10.1 Å². The summed E-state index contributed by atoms with van der Waals surface area (Å²) in [6.45, 7) is 5.96. The zero-order valence-corrected chi connectivity index (χ0v) is 12.7. The Morgan fingerprint density at radius 3 is 2.95 bits per heavy atom. The van der Waals surface area contributed by atoms with Gasteiger partial charge in [-0.25, -0.2) is 0 Å². The maximum Gasteiger partial charge on any atom is 0.0762 e. The summed E-state index contributed by atoms with van der Waals surface area (Å²) in [5.41, 5.74) is 2.44. The van der Waals surface area contributed by atoms with Gasteiger partial charge in [-0.1, -0.05) is 32.0 Å². The second-order valence-electron chi connectivity index (χ2n) is 5.30. The summed E-state index contributed by atoms with van der Waals surface area (Å²) in [6, 6.07) is 11.1. The van der Waals surface area contributed by atoms with Crippen LogP contribution < -0.4 is 5.32 Å². The van der Waals surface area contributed by atoms with Gasteiger partial charge < -0.3 is 5.32 Å². The average Bonchev–Trinajstić information content (AvgIpc) is 3.05. The van der Waals surface area contributed by atoms with Crippen LogP contribution in [0.3, 0.4) is 0 Å². The van der Waals surface area contributed by atoms with Gasteiger partial charge in [0.05, 0.1) is 12.2 Å². The minimum absolute atomic E-state index is 0.487. The molecule has 4 heteroatoms. The first kappa shape index (κ1) is 13.3. The molecule has 0 bridgehead atoms. The molecule has 0 unspecified atom stereocenters. The number of aromatic nitrogens is 2. The van der Waals surface area contributed by atoms with Gasteiger partial charge in [-0.05, 0) is 28.5 Å². The Morgan fingerprint density at radius 1 is 1.25 bits per heavy atom. The molecule has 0 aliphatic rings. The number of benzene rings is 1. The van der Waals surface area contributed by atoms with Crippen molar-refractivity contribution in [2.45, 2.75) is 33.0 Å². The van der Waals surface area contributed by atoms with E-state index in [4.69, 9.17) is 0 Å². The first-order valence-electron chi connectivity index (χ1n) is 6.93. The summed E-state index contributed by atoms with van der Waals surface area (Å²) in [7, 11) is 0. The van der Waals surface area contributed by atoms with Crippen LogP contribution in [0.1, 0.15) is 25.1 Å². The number of nitrogens with one attached hydrogen (secondary N) is 1. The van der Waals surface area contributed by atoms with Crippen LogP contribution in [0.5, 0.6) is 0 Å². The molecule has 0 radical (unpaired) electrons. The molecule has 2 aromatic heterocycles. The lowest BCUT2D eigenvalue weighted by molar-refractivity contribution is 0.570. The van der Waals surface area contributed by atoms with E-state index in [9.17, 15) is 0 Å². The Kier molecular flexibility index (Phi) is 3.85. The van der Waals surface area contributed by atoms with E-state index >= 15 is 0 Å². The number of fused-ring (bicyclic) bond motifs is 1. The van der Waals surface area contributed by atoms with Gasteiger partial charge in [0.2, 0.25) is 0 Å². The highest BCUT2D eigenvalue weighted by molar-refractivity contribution is 7.17. The van der Waals surface area contributed by atoms with Crippen molar-refractivity contribution in [3.05, 3.63) is 53.2 Å². The zero-order chi connectivity index (χ0) is 13.9. The van der Waals surface area contributed by atoms with Gasteiger partial charge in [-0.2, -0.15) is 5.10 Å². The van der Waals surface area contributed by atoms with E-state index in [2.05, 4.69) is 66.2 Å². The monoisotopic (exact) mass is 285 g/mol. The minimum Gasteiger partial charge on any atom is -0.309 e. The van der Waals surface area contributed by atoms with E-state index < -0.39 is 0 Å². The fourth-order valence-corrected chi connectivity index (χ4v) is 3.18. The Hall–Kier alpha value is -1.65. The third-order valence-electron chi connectivity index (χ3n) is 3.28. The lowest BCUT2D eigenvalue weighted by Gasteiger charge is -2.05. The SMILES string of the molecule is CC(C)NCc1ccn(Cc2csc3ccccc23)n1. The molecular weight excluding hydrogens is 266 g/mol. The number of thiophene rings is 1. The van der Waals surface area contributed by atoms with Crippen molar-refractivity contribution in [1.29, 1.82) is 0 Å². The molecule has 2 heterocycles. The Balaban J connectivity index is 1.74. The maximum atomic E-state index is 4.62. The van der Waals surface area contributed by atoms with Crippen LogP contribution in [0.4, 0.5) is 0 Å². The molecule has 104 valence electrons. The molecule has 0 fully saturated rings. The van der Waals surface area contributed by atoms with Gasteiger partial charge >= 0.3 is 0 Å². The molecule has 0 amide bonds. The van der Waals surface area contributed by atoms with Gasteiger partial charge in [0.15, 0.2) is 0 Å². The van der Waals surface area contributed by atoms with E-state index in [0.717, 1.165) is 18.8 Å². The van der Waals surface area contributed by atoms with Crippen molar-refractivity contribution in [3.8, 4) is 0 Å². The van der Waals surface area contributed by atoms with Crippen LogP contribution in [-0.4, -0.2) is 15.8 Å². The number of hydrogen-bond donors (Lipinski definition) is 1. The quantitative estimate of drug-likeness (QED) is 0.775. The van der Waals surface area contributed by atoms with E-state index in [1.807, 2.05) is 4.68 Å². The highest BCUT2D eigenvalue weighted by atomic mass is 32.1. The summed E-state index contributed by atoms with van der Waals surface area (Å²) in [5.74, 6) is 0. The van der Waals surface area contributed by atoms with Crippen LogP contribution in [0, 0.1) is 0 Å². The molecule has 20 heavy (non-hydrogen) atoms. The van der Waals surface area contributed by atoms with Crippen LogP contribution >= 0.6 is 11.3 Å². The second-order valence-corrected chi connectivity index (χ2v) is 6.21.